The van der Waals surface area contributed by atoms with Crippen molar-refractivity contribution in [1.29, 1.82) is 0 Å². The number of carbonyl (C=O) groups excluding carboxylic acids is 1. The fourth-order valence-corrected chi connectivity index (χ4v) is 5.47. The van der Waals surface area contributed by atoms with Gasteiger partial charge in [0.1, 0.15) is 24.0 Å². The lowest BCUT2D eigenvalue weighted by Gasteiger charge is -2.19. The molecule has 0 saturated carbocycles. The Bertz CT molecular complexity index is 1590. The minimum atomic E-state index is -3.56. The van der Waals surface area contributed by atoms with Crippen LogP contribution in [-0.4, -0.2) is 61.4 Å². The number of carbonyl (C=O) groups is 2. The van der Waals surface area contributed by atoms with Gasteiger partial charge >= 0.3 is 0 Å². The summed E-state index contributed by atoms with van der Waals surface area (Å²) in [5.41, 5.74) is -0.434. The van der Waals surface area contributed by atoms with Crippen LogP contribution in [0.5, 0.6) is 5.75 Å². The molecule has 3 aromatic rings. The minimum absolute atomic E-state index is 0.0723. The summed E-state index contributed by atoms with van der Waals surface area (Å²) in [6.45, 7) is 0.523. The van der Waals surface area contributed by atoms with E-state index in [4.69, 9.17) is 26.2 Å². The van der Waals surface area contributed by atoms with Crippen molar-refractivity contribution in [1.82, 2.24) is 4.90 Å². The lowest BCUT2D eigenvalue weighted by Crippen LogP contribution is -2.22. The molecule has 0 aliphatic carbocycles. The Kier molecular flexibility index (Phi) is 11.4. The largest absolute Gasteiger partial charge is 0.488 e. The Morgan fingerprint density at radius 2 is 1.88 bits per heavy atom. The number of amides is 1. The van der Waals surface area contributed by atoms with Crippen molar-refractivity contribution in [2.24, 2.45) is 0 Å². The number of halogens is 5. The zero-order valence-electron chi connectivity index (χ0n) is 21.9. The molecule has 1 amide bonds. The lowest BCUT2D eigenvalue weighted by atomic mass is 10.1. The normalized spacial score (nSPS) is 15.1. The standard InChI is InChI=1S/C26H23BrClF3N2O5S.CH2O2/c1-39(36,37)16-2-3-17(20(28)9-16)26(35)32-23-5-4-21(29)18(25(23)31)13-38-24-10-22(30)19(27)8-14(24)11-33-7-6-15(34)12-33;2-1-3/h2-5,8-10,15,34H,6-7,11-13H2,1H3,(H,32,35);1H,(H,2,3)/t15-;/m0./s1. The van der Waals surface area contributed by atoms with Crippen molar-refractivity contribution in [3.63, 3.8) is 0 Å². The SMILES string of the molecule is CS(=O)(=O)c1ccc(C(=O)Nc2ccc(F)c(COc3cc(F)c(Br)cc3CN3CC[C@H](O)C3)c2F)c(Cl)c1.O=CO. The molecule has 0 spiro atoms. The Morgan fingerprint density at radius 1 is 1.19 bits per heavy atom. The molecule has 1 heterocycles. The van der Waals surface area contributed by atoms with E-state index in [-0.39, 0.29) is 37.9 Å². The van der Waals surface area contributed by atoms with Crippen molar-refractivity contribution in [2.45, 2.75) is 30.6 Å². The molecular weight excluding hydrogens is 669 g/mol. The zero-order valence-corrected chi connectivity index (χ0v) is 25.1. The van der Waals surface area contributed by atoms with E-state index in [1.807, 2.05) is 4.90 Å². The Balaban J connectivity index is 0.00000155. The second-order valence-electron chi connectivity index (χ2n) is 9.20. The molecule has 1 saturated heterocycles. The van der Waals surface area contributed by atoms with Gasteiger partial charge in [-0.15, -0.1) is 0 Å². The van der Waals surface area contributed by atoms with E-state index in [1.165, 1.54) is 18.2 Å². The van der Waals surface area contributed by atoms with Gasteiger partial charge in [-0.05, 0) is 58.7 Å². The first kappa shape index (κ1) is 33.3. The molecule has 1 atom stereocenters. The van der Waals surface area contributed by atoms with Gasteiger partial charge in [0.05, 0.1) is 37.3 Å². The van der Waals surface area contributed by atoms with Gasteiger partial charge in [0.25, 0.3) is 12.4 Å². The average molecular weight is 694 g/mol. The van der Waals surface area contributed by atoms with Gasteiger partial charge in [-0.1, -0.05) is 11.6 Å². The van der Waals surface area contributed by atoms with Gasteiger partial charge in [-0.25, -0.2) is 21.6 Å². The highest BCUT2D eigenvalue weighted by Crippen LogP contribution is 2.31. The summed E-state index contributed by atoms with van der Waals surface area (Å²) >= 11 is 9.20. The van der Waals surface area contributed by atoms with Crippen LogP contribution in [0.15, 0.2) is 51.8 Å². The number of aliphatic hydroxyl groups is 1. The highest BCUT2D eigenvalue weighted by atomic mass is 79.9. The highest BCUT2D eigenvalue weighted by molar-refractivity contribution is 9.10. The van der Waals surface area contributed by atoms with Crippen molar-refractivity contribution < 1.29 is 46.1 Å². The van der Waals surface area contributed by atoms with Gasteiger partial charge in [-0.2, -0.15) is 0 Å². The third kappa shape index (κ3) is 8.44. The number of anilines is 1. The van der Waals surface area contributed by atoms with Crippen LogP contribution in [0.2, 0.25) is 5.02 Å². The van der Waals surface area contributed by atoms with Gasteiger partial charge in [0, 0.05) is 37.5 Å². The molecule has 1 aliphatic rings. The number of sulfone groups is 1. The van der Waals surface area contributed by atoms with Crippen molar-refractivity contribution in [2.75, 3.05) is 24.7 Å². The van der Waals surface area contributed by atoms with Crippen LogP contribution in [-0.2, 0) is 27.8 Å². The Labute approximate surface area is 252 Å². The maximum Gasteiger partial charge on any atom is 0.290 e. The van der Waals surface area contributed by atoms with Crippen molar-refractivity contribution in [3.8, 4) is 5.75 Å². The minimum Gasteiger partial charge on any atom is -0.488 e. The van der Waals surface area contributed by atoms with Gasteiger partial charge in [0.2, 0.25) is 0 Å². The summed E-state index contributed by atoms with van der Waals surface area (Å²) < 4.78 is 73.4. The highest BCUT2D eigenvalue weighted by Gasteiger charge is 2.23. The number of carboxylic acid groups (broad SMARTS) is 1. The molecule has 15 heteroatoms. The third-order valence-electron chi connectivity index (χ3n) is 6.16. The maximum atomic E-state index is 15.3. The van der Waals surface area contributed by atoms with E-state index in [9.17, 15) is 27.1 Å². The first-order valence-corrected chi connectivity index (χ1v) is 15.2. The molecule has 9 nitrogen and oxygen atoms in total. The monoisotopic (exact) mass is 692 g/mol. The predicted molar refractivity (Wildman–Crippen MR) is 152 cm³/mol. The predicted octanol–water partition coefficient (Wildman–Crippen LogP) is 5.02. The fourth-order valence-electron chi connectivity index (χ4n) is 4.10. The maximum absolute atomic E-state index is 15.3. The van der Waals surface area contributed by atoms with Crippen LogP contribution in [0.3, 0.4) is 0 Å². The smallest absolute Gasteiger partial charge is 0.290 e. The molecule has 3 aromatic carbocycles. The molecular formula is C27H25BrClF3N2O7S. The number of rotatable bonds is 8. The molecule has 1 aliphatic heterocycles. The summed E-state index contributed by atoms with van der Waals surface area (Å²) in [6.07, 6.45) is 1.12. The number of benzene rings is 3. The number of likely N-dealkylation sites (tertiary alicyclic amines) is 1. The molecule has 0 unspecified atom stereocenters. The van der Waals surface area contributed by atoms with E-state index in [1.54, 1.807) is 0 Å². The number of hydrogen-bond donors (Lipinski definition) is 3. The fraction of sp³-hybridized carbons (Fsp3) is 0.259. The topological polar surface area (TPSA) is 133 Å². The molecule has 1 fully saturated rings. The summed E-state index contributed by atoms with van der Waals surface area (Å²) in [4.78, 5) is 22.9. The van der Waals surface area contributed by atoms with Crippen LogP contribution in [0.4, 0.5) is 18.9 Å². The number of hydrogen-bond acceptors (Lipinski definition) is 7. The van der Waals surface area contributed by atoms with Crippen molar-refractivity contribution in [3.05, 3.63) is 86.1 Å². The number of nitrogens with one attached hydrogen (secondary N) is 1. The summed E-state index contributed by atoms with van der Waals surface area (Å²) in [6, 6.07) is 8.06. The zero-order chi connectivity index (χ0) is 31.2. The lowest BCUT2D eigenvalue weighted by molar-refractivity contribution is -0.122. The number of nitrogens with zero attached hydrogens (tertiary/aromatic N) is 1. The van der Waals surface area contributed by atoms with Crippen LogP contribution < -0.4 is 10.1 Å². The number of aliphatic hydroxyl groups excluding tert-OH is 1. The number of β-amino-alcohol motifs (C(OH)–C–C–N with tert-alkyl or cyclic N) is 1. The van der Waals surface area contributed by atoms with E-state index >= 15 is 4.39 Å². The van der Waals surface area contributed by atoms with Gasteiger partial charge < -0.3 is 20.3 Å². The molecule has 226 valence electrons. The number of ether oxygens (including phenoxy) is 1. The molecule has 42 heavy (non-hydrogen) atoms. The van der Waals surface area contributed by atoms with Crippen LogP contribution >= 0.6 is 27.5 Å². The Hall–Kier alpha value is -3.17. The first-order chi connectivity index (χ1) is 19.7. The van der Waals surface area contributed by atoms with Crippen LogP contribution in [0.25, 0.3) is 0 Å². The van der Waals surface area contributed by atoms with Crippen molar-refractivity contribution >= 4 is 55.4 Å². The third-order valence-corrected chi connectivity index (χ3v) is 8.20. The average Bonchev–Trinajstić information content (AvgIpc) is 3.32. The summed E-state index contributed by atoms with van der Waals surface area (Å²) in [5.74, 6) is -3.45. The first-order valence-electron chi connectivity index (χ1n) is 12.1. The van der Waals surface area contributed by atoms with Crippen LogP contribution in [0, 0.1) is 17.5 Å². The van der Waals surface area contributed by atoms with Gasteiger partial charge in [0.15, 0.2) is 15.7 Å². The second kappa shape index (κ2) is 14.3. The summed E-state index contributed by atoms with van der Waals surface area (Å²) in [5, 5.41) is 18.8. The van der Waals surface area contributed by atoms with E-state index in [0.29, 0.717) is 31.6 Å². The molecule has 4 rings (SSSR count). The molecule has 0 aromatic heterocycles. The van der Waals surface area contributed by atoms with Crippen LogP contribution in [0.1, 0.15) is 27.9 Å². The summed E-state index contributed by atoms with van der Waals surface area (Å²) in [7, 11) is -3.56. The molecule has 0 bridgehead atoms. The van der Waals surface area contributed by atoms with Gasteiger partial charge in [-0.3, -0.25) is 14.5 Å². The second-order valence-corrected chi connectivity index (χ2v) is 12.5. The quantitative estimate of drug-likeness (QED) is 0.280. The van der Waals surface area contributed by atoms with E-state index in [0.717, 1.165) is 30.5 Å². The van der Waals surface area contributed by atoms with E-state index in [2.05, 4.69) is 21.2 Å². The molecule has 0 radical (unpaired) electrons. The molecule has 3 N–H and O–H groups in total. The Morgan fingerprint density at radius 3 is 2.48 bits per heavy atom. The van der Waals surface area contributed by atoms with E-state index < -0.39 is 51.5 Å².